The molecule has 2 atom stereocenters. The largest absolute Gasteiger partial charge is 0.493 e. The van der Waals surface area contributed by atoms with E-state index in [4.69, 9.17) is 9.26 Å². The standard InChI is InChI=1S/C27H34N4O2/c1-2-7-26-25(6-1)27(29-33-26)31-13-12-30-17-22(10-11-23(30)18-31)19-32-24-5-3-4-21(14-24)16-28-15-20-8-9-20/h1-7,14,20,22-23,28H,8-13,15-19H2. The first-order valence-corrected chi connectivity index (χ1v) is 12.6. The Hall–Kier alpha value is -2.57. The van der Waals surface area contributed by atoms with Gasteiger partial charge in [0, 0.05) is 44.7 Å². The number of piperazine rings is 1. The van der Waals surface area contributed by atoms with Gasteiger partial charge in [-0.25, -0.2) is 0 Å². The molecule has 3 aliphatic rings. The van der Waals surface area contributed by atoms with Crippen LogP contribution in [0.2, 0.25) is 0 Å². The van der Waals surface area contributed by atoms with Crippen LogP contribution >= 0.6 is 0 Å². The summed E-state index contributed by atoms with van der Waals surface area (Å²) in [6.07, 6.45) is 5.22. The number of rotatable bonds is 8. The van der Waals surface area contributed by atoms with Gasteiger partial charge >= 0.3 is 0 Å². The first-order valence-electron chi connectivity index (χ1n) is 12.6. The number of fused-ring (bicyclic) bond motifs is 2. The summed E-state index contributed by atoms with van der Waals surface area (Å²) in [7, 11) is 0. The molecule has 1 aliphatic carbocycles. The van der Waals surface area contributed by atoms with Gasteiger partial charge in [-0.1, -0.05) is 29.4 Å². The summed E-state index contributed by atoms with van der Waals surface area (Å²) >= 11 is 0. The van der Waals surface area contributed by atoms with Gasteiger partial charge in [0.2, 0.25) is 0 Å². The molecule has 1 N–H and O–H groups in total. The van der Waals surface area contributed by atoms with Crippen molar-refractivity contribution in [3.8, 4) is 5.75 Å². The lowest BCUT2D eigenvalue weighted by molar-refractivity contribution is 0.0726. The molecule has 2 aliphatic heterocycles. The van der Waals surface area contributed by atoms with Crippen molar-refractivity contribution in [1.29, 1.82) is 0 Å². The highest BCUT2D eigenvalue weighted by Gasteiger charge is 2.34. The number of nitrogens with zero attached hydrogens (tertiary/aromatic N) is 3. The van der Waals surface area contributed by atoms with Gasteiger partial charge in [-0.3, -0.25) is 4.90 Å². The Morgan fingerprint density at radius 1 is 0.970 bits per heavy atom. The lowest BCUT2D eigenvalue weighted by atomic mass is 9.91. The topological polar surface area (TPSA) is 53.8 Å². The van der Waals surface area contributed by atoms with E-state index >= 15 is 0 Å². The van der Waals surface area contributed by atoms with E-state index in [2.05, 4.69) is 56.7 Å². The molecule has 0 bridgehead atoms. The third kappa shape index (κ3) is 4.87. The monoisotopic (exact) mass is 446 g/mol. The van der Waals surface area contributed by atoms with E-state index in [9.17, 15) is 0 Å². The summed E-state index contributed by atoms with van der Waals surface area (Å²) in [4.78, 5) is 5.07. The number of nitrogens with one attached hydrogen (secondary N) is 1. The van der Waals surface area contributed by atoms with Crippen molar-refractivity contribution in [2.75, 3.05) is 44.2 Å². The van der Waals surface area contributed by atoms with Crippen LogP contribution in [0, 0.1) is 11.8 Å². The van der Waals surface area contributed by atoms with Crippen LogP contribution in [-0.4, -0.2) is 55.4 Å². The van der Waals surface area contributed by atoms with Gasteiger partial charge in [0.25, 0.3) is 0 Å². The minimum absolute atomic E-state index is 0.589. The predicted octanol–water partition coefficient (Wildman–Crippen LogP) is 4.31. The van der Waals surface area contributed by atoms with Crippen LogP contribution < -0.4 is 15.0 Å². The summed E-state index contributed by atoms with van der Waals surface area (Å²) < 4.78 is 11.8. The van der Waals surface area contributed by atoms with E-state index < -0.39 is 0 Å². The Bertz CT molecular complexity index is 1080. The molecule has 0 radical (unpaired) electrons. The lowest BCUT2D eigenvalue weighted by Crippen LogP contribution is -2.57. The minimum Gasteiger partial charge on any atom is -0.493 e. The molecule has 174 valence electrons. The number of aromatic nitrogens is 1. The Morgan fingerprint density at radius 2 is 1.88 bits per heavy atom. The lowest BCUT2D eigenvalue weighted by Gasteiger charge is -2.46. The summed E-state index contributed by atoms with van der Waals surface area (Å²) in [5, 5.41) is 9.08. The average Bonchev–Trinajstić information content (AvgIpc) is 3.58. The molecule has 0 spiro atoms. The normalized spacial score (nSPS) is 23.6. The maximum atomic E-state index is 6.25. The highest BCUT2D eigenvalue weighted by molar-refractivity contribution is 5.88. The molecule has 6 heteroatoms. The average molecular weight is 447 g/mol. The smallest absolute Gasteiger partial charge is 0.180 e. The third-order valence-corrected chi connectivity index (χ3v) is 7.51. The van der Waals surface area contributed by atoms with Crippen molar-refractivity contribution in [1.82, 2.24) is 15.4 Å². The zero-order valence-electron chi connectivity index (χ0n) is 19.3. The van der Waals surface area contributed by atoms with Crippen LogP contribution in [0.5, 0.6) is 5.75 Å². The molecule has 3 fully saturated rings. The van der Waals surface area contributed by atoms with E-state index in [-0.39, 0.29) is 0 Å². The minimum atomic E-state index is 0.589. The van der Waals surface area contributed by atoms with E-state index in [1.54, 1.807) is 0 Å². The molecule has 33 heavy (non-hydrogen) atoms. The summed E-state index contributed by atoms with van der Waals surface area (Å²) in [6, 6.07) is 17.4. The number of anilines is 1. The van der Waals surface area contributed by atoms with Crippen LogP contribution in [0.25, 0.3) is 11.0 Å². The number of para-hydroxylation sites is 1. The van der Waals surface area contributed by atoms with Crippen molar-refractivity contribution in [3.63, 3.8) is 0 Å². The number of hydrogen-bond acceptors (Lipinski definition) is 6. The zero-order valence-corrected chi connectivity index (χ0v) is 19.3. The molecule has 2 saturated heterocycles. The predicted molar refractivity (Wildman–Crippen MR) is 131 cm³/mol. The molecule has 3 heterocycles. The quantitative estimate of drug-likeness (QED) is 0.557. The summed E-state index contributed by atoms with van der Waals surface area (Å²) in [6.45, 7) is 7.11. The fourth-order valence-corrected chi connectivity index (χ4v) is 5.39. The van der Waals surface area contributed by atoms with Crippen molar-refractivity contribution < 1.29 is 9.26 Å². The Labute approximate surface area is 195 Å². The van der Waals surface area contributed by atoms with Crippen LogP contribution in [-0.2, 0) is 6.54 Å². The van der Waals surface area contributed by atoms with Crippen molar-refractivity contribution in [2.24, 2.45) is 11.8 Å². The highest BCUT2D eigenvalue weighted by Crippen LogP contribution is 2.31. The number of ether oxygens (including phenoxy) is 1. The van der Waals surface area contributed by atoms with Gasteiger partial charge in [0.1, 0.15) is 5.75 Å². The molecule has 2 unspecified atom stereocenters. The molecule has 6 nitrogen and oxygen atoms in total. The molecular formula is C27H34N4O2. The van der Waals surface area contributed by atoms with E-state index in [1.165, 1.54) is 31.2 Å². The first-order chi connectivity index (χ1) is 16.3. The van der Waals surface area contributed by atoms with Gasteiger partial charge < -0.3 is 19.5 Å². The second-order valence-corrected chi connectivity index (χ2v) is 10.1. The maximum Gasteiger partial charge on any atom is 0.180 e. The van der Waals surface area contributed by atoms with Crippen LogP contribution in [0.4, 0.5) is 5.82 Å². The third-order valence-electron chi connectivity index (χ3n) is 7.51. The van der Waals surface area contributed by atoms with Gasteiger partial charge in [-0.15, -0.1) is 0 Å². The summed E-state index contributed by atoms with van der Waals surface area (Å²) in [5.41, 5.74) is 2.19. The zero-order chi connectivity index (χ0) is 22.0. The van der Waals surface area contributed by atoms with E-state index in [0.717, 1.165) is 74.3 Å². The fraction of sp³-hybridized carbons (Fsp3) is 0.519. The molecule has 3 aromatic rings. The van der Waals surface area contributed by atoms with E-state index in [1.807, 2.05) is 12.1 Å². The molecule has 1 saturated carbocycles. The first kappa shape index (κ1) is 21.0. The second-order valence-electron chi connectivity index (χ2n) is 10.1. The number of hydrogen-bond donors (Lipinski definition) is 1. The van der Waals surface area contributed by atoms with E-state index in [0.29, 0.717) is 12.0 Å². The Morgan fingerprint density at radius 3 is 2.82 bits per heavy atom. The Balaban J connectivity index is 0.999. The molecule has 2 aromatic carbocycles. The van der Waals surface area contributed by atoms with Gasteiger partial charge in [-0.05, 0) is 68.0 Å². The fourth-order valence-electron chi connectivity index (χ4n) is 5.39. The van der Waals surface area contributed by atoms with Crippen LogP contribution in [0.3, 0.4) is 0 Å². The van der Waals surface area contributed by atoms with Crippen molar-refractivity contribution in [2.45, 2.75) is 38.3 Å². The summed E-state index contributed by atoms with van der Waals surface area (Å²) in [5.74, 6) is 3.52. The molecule has 0 amide bonds. The van der Waals surface area contributed by atoms with Gasteiger partial charge in [0.15, 0.2) is 11.4 Å². The Kier molecular flexibility index (Phi) is 5.95. The maximum absolute atomic E-state index is 6.25. The SMILES string of the molecule is c1cc(CNCC2CC2)cc(OCC2CCC3CN(c4noc5ccccc45)CCN3C2)c1. The van der Waals surface area contributed by atoms with Crippen LogP contribution in [0.15, 0.2) is 53.1 Å². The molecule has 1 aromatic heterocycles. The highest BCUT2D eigenvalue weighted by atomic mass is 16.5. The number of piperidine rings is 1. The number of benzene rings is 2. The van der Waals surface area contributed by atoms with Crippen molar-refractivity contribution >= 4 is 16.8 Å². The van der Waals surface area contributed by atoms with Crippen LogP contribution in [0.1, 0.15) is 31.2 Å². The van der Waals surface area contributed by atoms with Crippen molar-refractivity contribution in [3.05, 3.63) is 54.1 Å². The van der Waals surface area contributed by atoms with Gasteiger partial charge in [-0.2, -0.15) is 0 Å². The second kappa shape index (κ2) is 9.35. The molecular weight excluding hydrogens is 412 g/mol. The van der Waals surface area contributed by atoms with Gasteiger partial charge in [0.05, 0.1) is 12.0 Å². The molecule has 6 rings (SSSR count).